The first-order valence-electron chi connectivity index (χ1n) is 11.5. The molecule has 0 N–H and O–H groups in total. The van der Waals surface area contributed by atoms with E-state index in [2.05, 4.69) is 20.9 Å². The van der Waals surface area contributed by atoms with E-state index in [-0.39, 0.29) is 18.3 Å². The van der Waals surface area contributed by atoms with Crippen molar-refractivity contribution in [1.82, 2.24) is 4.57 Å². The van der Waals surface area contributed by atoms with Gasteiger partial charge in [-0.05, 0) is 85.1 Å². The summed E-state index contributed by atoms with van der Waals surface area (Å²) in [5.74, 6) is 0.920. The third-order valence-electron chi connectivity index (χ3n) is 5.56. The number of hydrogen-bond donors (Lipinski definition) is 0. The average Bonchev–Trinajstić information content (AvgIpc) is 3.13. The zero-order chi connectivity index (χ0) is 26.0. The van der Waals surface area contributed by atoms with Crippen LogP contribution in [0.2, 0.25) is 0 Å². The Labute approximate surface area is 221 Å². The number of rotatable bonds is 7. The van der Waals surface area contributed by atoms with Crippen LogP contribution in [0.25, 0.3) is 6.08 Å². The first-order chi connectivity index (χ1) is 17.2. The van der Waals surface area contributed by atoms with Crippen molar-refractivity contribution < 1.29 is 19.0 Å². The number of allylic oxidation sites excluding steroid dienone is 1. The van der Waals surface area contributed by atoms with Crippen LogP contribution in [-0.2, 0) is 9.53 Å². The van der Waals surface area contributed by atoms with Gasteiger partial charge in [-0.2, -0.15) is 0 Å². The smallest absolute Gasteiger partial charge is 0.338 e. The number of aromatic nitrogens is 1. The summed E-state index contributed by atoms with van der Waals surface area (Å²) < 4.78 is 19.2. The number of carbonyl (C=O) groups is 1. The Morgan fingerprint density at radius 1 is 1.22 bits per heavy atom. The van der Waals surface area contributed by atoms with Crippen LogP contribution in [0.1, 0.15) is 44.9 Å². The number of halogens is 1. The highest BCUT2D eigenvalue weighted by molar-refractivity contribution is 9.10. The van der Waals surface area contributed by atoms with Gasteiger partial charge >= 0.3 is 5.97 Å². The van der Waals surface area contributed by atoms with E-state index >= 15 is 0 Å². The van der Waals surface area contributed by atoms with Gasteiger partial charge < -0.3 is 14.2 Å². The molecule has 0 bridgehead atoms. The van der Waals surface area contributed by atoms with Gasteiger partial charge in [0.05, 0.1) is 46.1 Å². The Bertz CT molecular complexity index is 1500. The molecule has 0 unspecified atom stereocenters. The number of methoxy groups -OCH3 is 1. The van der Waals surface area contributed by atoms with Gasteiger partial charge in [0.15, 0.2) is 4.80 Å². The number of ether oxygens (including phenoxy) is 3. The average molecular weight is 571 g/mol. The van der Waals surface area contributed by atoms with Crippen LogP contribution in [0.15, 0.2) is 68.0 Å². The number of nitrogens with zero attached hydrogens (tertiary/aromatic N) is 2. The van der Waals surface area contributed by atoms with Crippen molar-refractivity contribution in [2.45, 2.75) is 39.8 Å². The van der Waals surface area contributed by atoms with Crippen LogP contribution in [0, 0.1) is 0 Å². The highest BCUT2D eigenvalue weighted by atomic mass is 79.9. The third-order valence-corrected chi connectivity index (χ3v) is 7.16. The zero-order valence-corrected chi connectivity index (χ0v) is 23.1. The monoisotopic (exact) mass is 570 g/mol. The molecule has 0 spiro atoms. The molecular weight excluding hydrogens is 544 g/mol. The molecule has 0 amide bonds. The molecule has 188 valence electrons. The lowest BCUT2D eigenvalue weighted by Crippen LogP contribution is -2.39. The Balaban J connectivity index is 1.87. The van der Waals surface area contributed by atoms with E-state index < -0.39 is 12.0 Å². The number of esters is 1. The van der Waals surface area contributed by atoms with E-state index in [0.717, 1.165) is 16.9 Å². The normalized spacial score (nSPS) is 15.5. The summed E-state index contributed by atoms with van der Waals surface area (Å²) in [6.07, 6.45) is 1.90. The highest BCUT2D eigenvalue weighted by Crippen LogP contribution is 2.35. The van der Waals surface area contributed by atoms with Gasteiger partial charge in [-0.1, -0.05) is 29.5 Å². The van der Waals surface area contributed by atoms with Crippen LogP contribution in [0.4, 0.5) is 0 Å². The summed E-state index contributed by atoms with van der Waals surface area (Å²) in [6.45, 7) is 7.68. The van der Waals surface area contributed by atoms with Gasteiger partial charge in [0, 0.05) is 0 Å². The molecular formula is C27H27BrN2O5S. The summed E-state index contributed by atoms with van der Waals surface area (Å²) in [5.41, 5.74) is 2.23. The summed E-state index contributed by atoms with van der Waals surface area (Å²) in [7, 11) is 1.58. The predicted molar refractivity (Wildman–Crippen MR) is 143 cm³/mol. The van der Waals surface area contributed by atoms with Crippen LogP contribution in [-0.4, -0.2) is 30.4 Å². The largest absolute Gasteiger partial charge is 0.496 e. The van der Waals surface area contributed by atoms with Crippen LogP contribution >= 0.6 is 27.3 Å². The lowest BCUT2D eigenvalue weighted by Gasteiger charge is -2.25. The molecule has 1 atom stereocenters. The molecule has 4 rings (SSSR count). The van der Waals surface area contributed by atoms with Gasteiger partial charge in [0.1, 0.15) is 11.5 Å². The van der Waals surface area contributed by atoms with Crippen molar-refractivity contribution >= 4 is 39.3 Å². The molecule has 9 heteroatoms. The Morgan fingerprint density at radius 3 is 2.56 bits per heavy atom. The first-order valence-corrected chi connectivity index (χ1v) is 13.1. The number of thiazole rings is 1. The van der Waals surface area contributed by atoms with Crippen molar-refractivity contribution in [3.8, 4) is 11.5 Å². The number of hydrogen-bond acceptors (Lipinski definition) is 7. The fraction of sp³-hybridized carbons (Fsp3) is 0.296. The Kier molecular flexibility index (Phi) is 7.80. The highest BCUT2D eigenvalue weighted by Gasteiger charge is 2.33. The molecule has 0 saturated carbocycles. The van der Waals surface area contributed by atoms with Gasteiger partial charge in [-0.15, -0.1) is 0 Å². The van der Waals surface area contributed by atoms with Crippen molar-refractivity contribution in [3.05, 3.63) is 89.0 Å². The van der Waals surface area contributed by atoms with Gasteiger partial charge in [-0.3, -0.25) is 9.36 Å². The summed E-state index contributed by atoms with van der Waals surface area (Å²) in [6, 6.07) is 12.4. The lowest BCUT2D eigenvalue weighted by molar-refractivity contribution is -0.139. The molecule has 7 nitrogen and oxygen atoms in total. The minimum atomic E-state index is -0.688. The molecule has 0 fully saturated rings. The van der Waals surface area contributed by atoms with Gasteiger partial charge in [-0.25, -0.2) is 9.79 Å². The van der Waals surface area contributed by atoms with Crippen molar-refractivity contribution in [1.29, 1.82) is 0 Å². The zero-order valence-electron chi connectivity index (χ0n) is 20.7. The second kappa shape index (κ2) is 10.8. The number of benzene rings is 2. The number of fused-ring (bicyclic) bond motifs is 1. The van der Waals surface area contributed by atoms with Crippen LogP contribution < -0.4 is 24.4 Å². The molecule has 3 aromatic rings. The Hall–Kier alpha value is -3.17. The second-order valence-electron chi connectivity index (χ2n) is 8.43. The molecule has 0 aliphatic carbocycles. The topological polar surface area (TPSA) is 79.1 Å². The summed E-state index contributed by atoms with van der Waals surface area (Å²) >= 11 is 4.81. The predicted octanol–water partition coefficient (Wildman–Crippen LogP) is 4.36. The van der Waals surface area contributed by atoms with Gasteiger partial charge in [0.2, 0.25) is 0 Å². The molecule has 36 heavy (non-hydrogen) atoms. The van der Waals surface area contributed by atoms with E-state index in [1.54, 1.807) is 31.6 Å². The van der Waals surface area contributed by atoms with Gasteiger partial charge in [0.25, 0.3) is 5.56 Å². The maximum Gasteiger partial charge on any atom is 0.338 e. The molecule has 0 radical (unpaired) electrons. The molecule has 2 aromatic carbocycles. The molecule has 1 aromatic heterocycles. The standard InChI is InChI=1S/C27H27BrN2O5S/c1-6-34-26(32)23-16(4)29-27-30(24(23)18-9-12-21(33-5)20(28)14-18)25(31)22(36-27)13-17-7-10-19(11-8-17)35-15(2)3/h7-15,24H,6H2,1-5H3/b22-13-/t24-/m1/s1. The quantitative estimate of drug-likeness (QED) is 0.394. The Morgan fingerprint density at radius 2 is 1.94 bits per heavy atom. The maximum absolute atomic E-state index is 13.7. The van der Waals surface area contributed by atoms with Crippen LogP contribution in [0.5, 0.6) is 11.5 Å². The minimum absolute atomic E-state index is 0.0781. The number of carbonyl (C=O) groups excluding carboxylic acids is 1. The van der Waals surface area contributed by atoms with Crippen molar-refractivity contribution in [3.63, 3.8) is 0 Å². The van der Waals surface area contributed by atoms with E-state index in [9.17, 15) is 9.59 Å². The van der Waals surface area contributed by atoms with Crippen molar-refractivity contribution in [2.75, 3.05) is 13.7 Å². The molecule has 2 heterocycles. The fourth-order valence-electron chi connectivity index (χ4n) is 4.03. The van der Waals surface area contributed by atoms with E-state index in [4.69, 9.17) is 14.2 Å². The van der Waals surface area contributed by atoms with E-state index in [0.29, 0.717) is 30.8 Å². The summed E-state index contributed by atoms with van der Waals surface area (Å²) in [5, 5.41) is 0. The van der Waals surface area contributed by atoms with Crippen molar-refractivity contribution in [2.24, 2.45) is 4.99 Å². The lowest BCUT2D eigenvalue weighted by atomic mass is 9.96. The fourth-order valence-corrected chi connectivity index (χ4v) is 5.63. The molecule has 0 saturated heterocycles. The first kappa shape index (κ1) is 25.9. The maximum atomic E-state index is 13.7. The second-order valence-corrected chi connectivity index (χ2v) is 10.3. The SMILES string of the molecule is CCOC(=O)C1=C(C)N=c2s/c(=C\c3ccc(OC(C)C)cc3)c(=O)n2[C@@H]1c1ccc(OC)c(Br)c1. The summed E-state index contributed by atoms with van der Waals surface area (Å²) in [4.78, 5) is 31.9. The van der Waals surface area contributed by atoms with E-state index in [1.165, 1.54) is 11.3 Å². The third kappa shape index (κ3) is 5.17. The van der Waals surface area contributed by atoms with E-state index in [1.807, 2.05) is 56.3 Å². The molecule has 1 aliphatic rings. The minimum Gasteiger partial charge on any atom is -0.496 e. The molecule has 1 aliphatic heterocycles. The van der Waals surface area contributed by atoms with Crippen LogP contribution in [0.3, 0.4) is 0 Å².